The molecule has 0 aromatic heterocycles. The molecule has 0 atom stereocenters. The summed E-state index contributed by atoms with van der Waals surface area (Å²) in [6.07, 6.45) is 0.994. The summed E-state index contributed by atoms with van der Waals surface area (Å²) in [5.74, 6) is 0.280. The van der Waals surface area contributed by atoms with E-state index in [4.69, 9.17) is 15.2 Å². The van der Waals surface area contributed by atoms with E-state index in [2.05, 4.69) is 5.32 Å². The van der Waals surface area contributed by atoms with Crippen molar-refractivity contribution in [2.75, 3.05) is 31.8 Å². The van der Waals surface area contributed by atoms with Gasteiger partial charge in [0, 0.05) is 25.0 Å². The van der Waals surface area contributed by atoms with Crippen LogP contribution in [0.25, 0.3) is 0 Å². The van der Waals surface area contributed by atoms with E-state index in [9.17, 15) is 9.18 Å². The Balaban J connectivity index is 0.00000220. The number of carbonyl (C=O) groups excluding carboxylic acids is 1. The van der Waals surface area contributed by atoms with Gasteiger partial charge in [-0.05, 0) is 25.0 Å². The van der Waals surface area contributed by atoms with Crippen molar-refractivity contribution in [3.8, 4) is 5.75 Å². The molecule has 2 rings (SSSR count). The molecule has 0 saturated carbocycles. The van der Waals surface area contributed by atoms with E-state index in [1.54, 1.807) is 24.3 Å². The number of nitrogens with two attached hydrogens (primary N) is 1. The molecule has 1 aliphatic heterocycles. The lowest BCUT2D eigenvalue weighted by atomic mass is 9.90. The van der Waals surface area contributed by atoms with Crippen LogP contribution in [0, 0.1) is 0 Å². The van der Waals surface area contributed by atoms with Gasteiger partial charge in [0.05, 0.1) is 0 Å². The fraction of sp³-hybridized carbons (Fsp3) is 0.500. The summed E-state index contributed by atoms with van der Waals surface area (Å²) in [4.78, 5) is 12.2. The minimum absolute atomic E-state index is 0. The van der Waals surface area contributed by atoms with Crippen molar-refractivity contribution in [2.24, 2.45) is 5.73 Å². The summed E-state index contributed by atoms with van der Waals surface area (Å²) in [5, 5.41) is 2.78. The highest BCUT2D eigenvalue weighted by Gasteiger charge is 2.35. The standard InChI is InChI=1S/C14H19FN2O3.ClH/c15-6-9-20-12-3-1-2-11(10-12)17-13(18)14(16)4-7-19-8-5-14;/h1-3,10H,4-9,16H2,(H,17,18);1H. The number of halogens is 2. The van der Waals surface area contributed by atoms with Crippen molar-refractivity contribution >= 4 is 24.0 Å². The van der Waals surface area contributed by atoms with Gasteiger partial charge in [-0.2, -0.15) is 0 Å². The zero-order valence-electron chi connectivity index (χ0n) is 11.6. The van der Waals surface area contributed by atoms with Crippen LogP contribution in [0.1, 0.15) is 12.8 Å². The van der Waals surface area contributed by atoms with Gasteiger partial charge in [0.2, 0.25) is 5.91 Å². The Morgan fingerprint density at radius 3 is 2.81 bits per heavy atom. The first-order valence-corrected chi connectivity index (χ1v) is 6.61. The molecule has 3 N–H and O–H groups in total. The molecule has 1 aromatic carbocycles. The van der Waals surface area contributed by atoms with Gasteiger partial charge in [-0.3, -0.25) is 4.79 Å². The molecule has 0 radical (unpaired) electrons. The average molecular weight is 319 g/mol. The molecule has 1 aliphatic rings. The van der Waals surface area contributed by atoms with E-state index in [1.807, 2.05) is 0 Å². The Morgan fingerprint density at radius 1 is 1.43 bits per heavy atom. The summed E-state index contributed by atoms with van der Waals surface area (Å²) in [6, 6.07) is 6.83. The first-order valence-electron chi connectivity index (χ1n) is 6.61. The van der Waals surface area contributed by atoms with Crippen LogP contribution in [-0.4, -0.2) is 37.9 Å². The van der Waals surface area contributed by atoms with Gasteiger partial charge in [0.25, 0.3) is 0 Å². The highest BCUT2D eigenvalue weighted by Crippen LogP contribution is 2.22. The van der Waals surface area contributed by atoms with Crippen molar-refractivity contribution in [3.63, 3.8) is 0 Å². The molecule has 21 heavy (non-hydrogen) atoms. The Morgan fingerprint density at radius 2 is 2.14 bits per heavy atom. The second kappa shape index (κ2) is 8.17. The largest absolute Gasteiger partial charge is 0.491 e. The summed E-state index contributed by atoms with van der Waals surface area (Å²) in [7, 11) is 0. The van der Waals surface area contributed by atoms with Gasteiger partial charge >= 0.3 is 0 Å². The first-order chi connectivity index (χ1) is 9.64. The maximum absolute atomic E-state index is 12.2. The smallest absolute Gasteiger partial charge is 0.244 e. The maximum atomic E-state index is 12.2. The fourth-order valence-electron chi connectivity index (χ4n) is 2.04. The van der Waals surface area contributed by atoms with E-state index >= 15 is 0 Å². The summed E-state index contributed by atoms with van der Waals surface area (Å²) in [6.45, 7) is 0.422. The van der Waals surface area contributed by atoms with Crippen LogP contribution in [0.2, 0.25) is 0 Å². The van der Waals surface area contributed by atoms with Crippen LogP contribution in [0.5, 0.6) is 5.75 Å². The molecule has 0 unspecified atom stereocenters. The van der Waals surface area contributed by atoms with Crippen LogP contribution in [-0.2, 0) is 9.53 Å². The summed E-state index contributed by atoms with van der Waals surface area (Å²) < 4.78 is 22.4. The number of carbonyl (C=O) groups is 1. The Bertz CT molecular complexity index is 467. The topological polar surface area (TPSA) is 73.6 Å². The minimum Gasteiger partial charge on any atom is -0.491 e. The summed E-state index contributed by atoms with van der Waals surface area (Å²) >= 11 is 0. The lowest BCUT2D eigenvalue weighted by molar-refractivity contribution is -0.124. The number of hydrogen-bond acceptors (Lipinski definition) is 4. The number of rotatable bonds is 5. The van der Waals surface area contributed by atoms with E-state index < -0.39 is 12.2 Å². The number of ether oxygens (including phenoxy) is 2. The number of nitrogens with one attached hydrogen (secondary N) is 1. The molecule has 1 amide bonds. The van der Waals surface area contributed by atoms with Crippen molar-refractivity contribution in [1.29, 1.82) is 0 Å². The minimum atomic E-state index is -0.895. The molecule has 0 aliphatic carbocycles. The van der Waals surface area contributed by atoms with E-state index in [0.717, 1.165) is 0 Å². The molecule has 1 heterocycles. The van der Waals surface area contributed by atoms with E-state index in [1.165, 1.54) is 0 Å². The van der Waals surface area contributed by atoms with Crippen LogP contribution in [0.15, 0.2) is 24.3 Å². The molecular formula is C14H20ClFN2O3. The quantitative estimate of drug-likeness (QED) is 0.869. The monoisotopic (exact) mass is 318 g/mol. The number of anilines is 1. The Labute approximate surface area is 129 Å². The van der Waals surface area contributed by atoms with Crippen LogP contribution in [0.3, 0.4) is 0 Å². The average Bonchev–Trinajstić information content (AvgIpc) is 2.46. The molecule has 1 saturated heterocycles. The molecule has 118 valence electrons. The molecule has 1 fully saturated rings. The normalized spacial score (nSPS) is 16.7. The SMILES string of the molecule is Cl.NC1(C(=O)Nc2cccc(OCCF)c2)CCOCC1. The molecule has 7 heteroatoms. The van der Waals surface area contributed by atoms with Gasteiger partial charge in [0.1, 0.15) is 24.6 Å². The predicted octanol–water partition coefficient (Wildman–Crippen LogP) is 1.90. The van der Waals surface area contributed by atoms with Gasteiger partial charge in [0.15, 0.2) is 0 Å². The molecule has 0 spiro atoms. The van der Waals surface area contributed by atoms with Crippen molar-refractivity contribution in [1.82, 2.24) is 0 Å². The van der Waals surface area contributed by atoms with Crippen LogP contribution < -0.4 is 15.8 Å². The fourth-order valence-corrected chi connectivity index (χ4v) is 2.04. The molecule has 5 nitrogen and oxygen atoms in total. The number of benzene rings is 1. The van der Waals surface area contributed by atoms with E-state index in [-0.39, 0.29) is 24.9 Å². The molecular weight excluding hydrogens is 299 g/mol. The summed E-state index contributed by atoms with van der Waals surface area (Å²) in [5.41, 5.74) is 5.79. The zero-order chi connectivity index (χ0) is 14.4. The van der Waals surface area contributed by atoms with E-state index in [0.29, 0.717) is 37.5 Å². The zero-order valence-corrected chi connectivity index (χ0v) is 12.5. The highest BCUT2D eigenvalue weighted by molar-refractivity contribution is 5.98. The number of hydrogen-bond donors (Lipinski definition) is 2. The van der Waals surface area contributed by atoms with Crippen molar-refractivity contribution in [3.05, 3.63) is 24.3 Å². The number of alkyl halides is 1. The van der Waals surface area contributed by atoms with Crippen molar-refractivity contribution < 1.29 is 18.7 Å². The Kier molecular flexibility index (Phi) is 6.87. The van der Waals surface area contributed by atoms with Gasteiger partial charge in [-0.15, -0.1) is 12.4 Å². The van der Waals surface area contributed by atoms with Crippen LogP contribution in [0.4, 0.5) is 10.1 Å². The second-order valence-electron chi connectivity index (χ2n) is 4.79. The molecule has 0 bridgehead atoms. The second-order valence-corrected chi connectivity index (χ2v) is 4.79. The number of amides is 1. The van der Waals surface area contributed by atoms with Gasteiger partial charge in [-0.25, -0.2) is 4.39 Å². The van der Waals surface area contributed by atoms with Gasteiger partial charge < -0.3 is 20.5 Å². The lowest BCUT2D eigenvalue weighted by Crippen LogP contribution is -2.54. The third-order valence-electron chi connectivity index (χ3n) is 3.28. The third kappa shape index (κ3) is 4.84. The predicted molar refractivity (Wildman–Crippen MR) is 80.8 cm³/mol. The highest BCUT2D eigenvalue weighted by atomic mass is 35.5. The maximum Gasteiger partial charge on any atom is 0.244 e. The Hall–Kier alpha value is -1.37. The third-order valence-corrected chi connectivity index (χ3v) is 3.28. The molecule has 1 aromatic rings. The first kappa shape index (κ1) is 17.7. The van der Waals surface area contributed by atoms with Crippen LogP contribution >= 0.6 is 12.4 Å². The lowest BCUT2D eigenvalue weighted by Gasteiger charge is -2.31. The van der Waals surface area contributed by atoms with Crippen molar-refractivity contribution in [2.45, 2.75) is 18.4 Å². The van der Waals surface area contributed by atoms with Gasteiger partial charge in [-0.1, -0.05) is 6.07 Å².